The molecular formula is C23H16N2O4. The Morgan fingerprint density at radius 1 is 1.00 bits per heavy atom. The van der Waals surface area contributed by atoms with Gasteiger partial charge in [0.2, 0.25) is 5.43 Å². The fraction of sp³-hybridized carbons (Fsp3) is 0.0870. The Kier molecular flexibility index (Phi) is 3.74. The number of hydrogen-bond donors (Lipinski definition) is 1. The molecule has 0 spiro atoms. The van der Waals surface area contributed by atoms with E-state index in [4.69, 9.17) is 4.42 Å². The molecule has 0 atom stereocenters. The molecule has 142 valence electrons. The number of anilines is 2. The van der Waals surface area contributed by atoms with Crippen LogP contribution in [0.1, 0.15) is 27.6 Å². The fourth-order valence-electron chi connectivity index (χ4n) is 3.89. The van der Waals surface area contributed by atoms with Crippen molar-refractivity contribution in [1.29, 1.82) is 0 Å². The van der Waals surface area contributed by atoms with E-state index in [1.807, 2.05) is 19.1 Å². The van der Waals surface area contributed by atoms with Gasteiger partial charge in [0, 0.05) is 28.6 Å². The first-order valence-electron chi connectivity index (χ1n) is 9.29. The molecule has 0 fully saturated rings. The van der Waals surface area contributed by atoms with Crippen molar-refractivity contribution in [2.75, 3.05) is 16.8 Å². The van der Waals surface area contributed by atoms with Crippen molar-refractivity contribution in [3.05, 3.63) is 82.2 Å². The van der Waals surface area contributed by atoms with Gasteiger partial charge in [-0.25, -0.2) is 0 Å². The summed E-state index contributed by atoms with van der Waals surface area (Å²) in [7, 11) is 0. The minimum atomic E-state index is -0.554. The van der Waals surface area contributed by atoms with E-state index in [1.165, 1.54) is 6.26 Å². The third-order valence-corrected chi connectivity index (χ3v) is 5.27. The van der Waals surface area contributed by atoms with Gasteiger partial charge in [-0.2, -0.15) is 0 Å². The molecule has 29 heavy (non-hydrogen) atoms. The second kappa shape index (κ2) is 6.31. The molecule has 0 saturated heterocycles. The highest BCUT2D eigenvalue weighted by Crippen LogP contribution is 2.40. The van der Waals surface area contributed by atoms with E-state index in [9.17, 15) is 14.4 Å². The van der Waals surface area contributed by atoms with Crippen molar-refractivity contribution >= 4 is 44.9 Å². The maximum Gasteiger partial charge on any atom is 0.262 e. The Balaban J connectivity index is 1.60. The zero-order valence-corrected chi connectivity index (χ0v) is 15.6. The second-order valence-electron chi connectivity index (χ2n) is 6.84. The van der Waals surface area contributed by atoms with Crippen LogP contribution in [-0.2, 0) is 0 Å². The average Bonchev–Trinajstić information content (AvgIpc) is 3.03. The summed E-state index contributed by atoms with van der Waals surface area (Å²) < 4.78 is 5.45. The number of rotatable bonds is 3. The SMILES string of the molecule is CCN1C(=O)c2cccc3c(NC(=O)c4coc5ccccc5c4=O)ccc1c23. The van der Waals surface area contributed by atoms with Gasteiger partial charge >= 0.3 is 0 Å². The Labute approximate surface area is 165 Å². The van der Waals surface area contributed by atoms with Gasteiger partial charge in [-0.1, -0.05) is 24.3 Å². The maximum absolute atomic E-state index is 12.8. The topological polar surface area (TPSA) is 79.6 Å². The Morgan fingerprint density at radius 3 is 2.62 bits per heavy atom. The molecule has 1 aliphatic heterocycles. The number of benzene rings is 3. The first kappa shape index (κ1) is 17.2. The van der Waals surface area contributed by atoms with Crippen molar-refractivity contribution in [3.8, 4) is 0 Å². The Bertz CT molecular complexity index is 1390. The number of fused-ring (bicyclic) bond motifs is 1. The lowest BCUT2D eigenvalue weighted by Crippen LogP contribution is -2.25. The Morgan fingerprint density at radius 2 is 1.79 bits per heavy atom. The lowest BCUT2D eigenvalue weighted by Gasteiger charge is -2.15. The molecule has 2 amide bonds. The number of nitrogens with one attached hydrogen (secondary N) is 1. The quantitative estimate of drug-likeness (QED) is 0.575. The summed E-state index contributed by atoms with van der Waals surface area (Å²) in [6.07, 6.45) is 1.18. The molecule has 2 heterocycles. The zero-order chi connectivity index (χ0) is 20.1. The summed E-state index contributed by atoms with van der Waals surface area (Å²) in [5, 5.41) is 4.72. The van der Waals surface area contributed by atoms with Crippen LogP contribution >= 0.6 is 0 Å². The molecule has 3 aromatic carbocycles. The van der Waals surface area contributed by atoms with Gasteiger partial charge in [-0.15, -0.1) is 0 Å². The third kappa shape index (κ3) is 2.46. The maximum atomic E-state index is 12.8. The molecule has 1 N–H and O–H groups in total. The Hall–Kier alpha value is -3.93. The molecule has 0 radical (unpaired) electrons. The van der Waals surface area contributed by atoms with Gasteiger partial charge in [-0.05, 0) is 37.3 Å². The lowest BCUT2D eigenvalue weighted by atomic mass is 10.0. The first-order valence-corrected chi connectivity index (χ1v) is 9.29. The van der Waals surface area contributed by atoms with E-state index in [1.54, 1.807) is 47.4 Å². The van der Waals surface area contributed by atoms with Crippen LogP contribution < -0.4 is 15.6 Å². The van der Waals surface area contributed by atoms with Crippen molar-refractivity contribution < 1.29 is 14.0 Å². The van der Waals surface area contributed by atoms with E-state index in [0.717, 1.165) is 16.5 Å². The standard InChI is InChI=1S/C23H16N2O4/c1-2-25-18-11-10-17(13-7-5-8-15(20(13)18)23(25)28)24-22(27)16-12-29-19-9-4-3-6-14(19)21(16)26/h3-12H,2H2,1H3,(H,24,27). The summed E-state index contributed by atoms with van der Waals surface area (Å²) in [6.45, 7) is 2.48. The molecule has 0 saturated carbocycles. The van der Waals surface area contributed by atoms with E-state index >= 15 is 0 Å². The third-order valence-electron chi connectivity index (χ3n) is 5.27. The summed E-state index contributed by atoms with van der Waals surface area (Å²) in [5.74, 6) is -0.603. The predicted molar refractivity (Wildman–Crippen MR) is 112 cm³/mol. The number of carbonyl (C=O) groups is 2. The molecule has 0 aliphatic carbocycles. The van der Waals surface area contributed by atoms with Crippen LogP contribution in [0, 0.1) is 0 Å². The zero-order valence-electron chi connectivity index (χ0n) is 15.6. The van der Waals surface area contributed by atoms with Crippen molar-refractivity contribution in [3.63, 3.8) is 0 Å². The van der Waals surface area contributed by atoms with Crippen LogP contribution in [0.5, 0.6) is 0 Å². The van der Waals surface area contributed by atoms with Crippen LogP contribution in [0.15, 0.2) is 70.1 Å². The van der Waals surface area contributed by atoms with Gasteiger partial charge in [-0.3, -0.25) is 14.4 Å². The number of carbonyl (C=O) groups excluding carboxylic acids is 2. The highest BCUT2D eigenvalue weighted by Gasteiger charge is 2.29. The van der Waals surface area contributed by atoms with Crippen molar-refractivity contribution in [1.82, 2.24) is 0 Å². The number of amides is 2. The van der Waals surface area contributed by atoms with Crippen molar-refractivity contribution in [2.24, 2.45) is 0 Å². The van der Waals surface area contributed by atoms with Gasteiger partial charge in [0.25, 0.3) is 11.8 Å². The molecule has 0 bridgehead atoms. The number of para-hydroxylation sites is 1. The minimum Gasteiger partial charge on any atom is -0.463 e. The van der Waals surface area contributed by atoms with E-state index in [-0.39, 0.29) is 16.9 Å². The van der Waals surface area contributed by atoms with Gasteiger partial charge in [0.15, 0.2) is 0 Å². The monoisotopic (exact) mass is 384 g/mol. The molecular weight excluding hydrogens is 368 g/mol. The normalized spacial score (nSPS) is 12.7. The highest BCUT2D eigenvalue weighted by molar-refractivity contribution is 6.27. The molecule has 1 aromatic heterocycles. The number of nitrogens with zero attached hydrogens (tertiary/aromatic N) is 1. The van der Waals surface area contributed by atoms with Crippen LogP contribution in [0.2, 0.25) is 0 Å². The first-order chi connectivity index (χ1) is 14.1. The van der Waals surface area contributed by atoms with Crippen LogP contribution in [0.3, 0.4) is 0 Å². The minimum absolute atomic E-state index is 0.0493. The summed E-state index contributed by atoms with van der Waals surface area (Å²) in [4.78, 5) is 39.9. The van der Waals surface area contributed by atoms with E-state index in [2.05, 4.69) is 5.32 Å². The molecule has 1 aliphatic rings. The molecule has 6 heteroatoms. The van der Waals surface area contributed by atoms with Gasteiger partial charge in [0.05, 0.1) is 11.1 Å². The predicted octanol–water partition coefficient (Wildman–Crippen LogP) is 4.18. The summed E-state index contributed by atoms with van der Waals surface area (Å²) in [5.41, 5.74) is 1.94. The highest BCUT2D eigenvalue weighted by atomic mass is 16.3. The largest absolute Gasteiger partial charge is 0.463 e. The number of hydrogen-bond acceptors (Lipinski definition) is 4. The van der Waals surface area contributed by atoms with Gasteiger partial charge in [0.1, 0.15) is 17.4 Å². The van der Waals surface area contributed by atoms with E-state index in [0.29, 0.717) is 28.8 Å². The van der Waals surface area contributed by atoms with Gasteiger partial charge < -0.3 is 14.6 Å². The molecule has 5 rings (SSSR count). The smallest absolute Gasteiger partial charge is 0.262 e. The molecule has 6 nitrogen and oxygen atoms in total. The van der Waals surface area contributed by atoms with Crippen LogP contribution in [-0.4, -0.2) is 18.4 Å². The molecule has 0 unspecified atom stereocenters. The van der Waals surface area contributed by atoms with Crippen molar-refractivity contribution in [2.45, 2.75) is 6.92 Å². The summed E-state index contributed by atoms with van der Waals surface area (Å²) in [6, 6.07) is 15.8. The summed E-state index contributed by atoms with van der Waals surface area (Å²) >= 11 is 0. The van der Waals surface area contributed by atoms with Crippen LogP contribution in [0.25, 0.3) is 21.7 Å². The lowest BCUT2D eigenvalue weighted by molar-refractivity contribution is 0.0992. The average molecular weight is 384 g/mol. The van der Waals surface area contributed by atoms with E-state index < -0.39 is 5.91 Å². The second-order valence-corrected chi connectivity index (χ2v) is 6.84. The fourth-order valence-corrected chi connectivity index (χ4v) is 3.89. The van der Waals surface area contributed by atoms with Crippen LogP contribution in [0.4, 0.5) is 11.4 Å². The molecule has 4 aromatic rings.